The minimum atomic E-state index is -0.740. The number of aromatic nitrogens is 1. The van der Waals surface area contributed by atoms with Gasteiger partial charge >= 0.3 is 0 Å². The van der Waals surface area contributed by atoms with Crippen LogP contribution in [-0.2, 0) is 16.1 Å². The molecule has 1 amide bonds. The predicted molar refractivity (Wildman–Crippen MR) is 90.4 cm³/mol. The van der Waals surface area contributed by atoms with Crippen molar-refractivity contribution in [3.8, 4) is 0 Å². The maximum Gasteiger partial charge on any atom is 0.290 e. The van der Waals surface area contributed by atoms with Gasteiger partial charge in [-0.2, -0.15) is 0 Å². The summed E-state index contributed by atoms with van der Waals surface area (Å²) in [5.41, 5.74) is 0.766. The highest BCUT2D eigenvalue weighted by molar-refractivity contribution is 6.08. The van der Waals surface area contributed by atoms with Crippen LogP contribution in [0.4, 0.5) is 0 Å². The second-order valence-electron chi connectivity index (χ2n) is 6.46. The highest BCUT2D eigenvalue weighted by atomic mass is 16.3. The van der Waals surface area contributed by atoms with E-state index in [1.54, 1.807) is 30.5 Å². The smallest absolute Gasteiger partial charge is 0.290 e. The van der Waals surface area contributed by atoms with Crippen molar-refractivity contribution in [2.75, 3.05) is 0 Å². The molecule has 1 N–H and O–H groups in total. The fourth-order valence-corrected chi connectivity index (χ4v) is 2.99. The molecule has 1 aliphatic heterocycles. The Kier molecular flexibility index (Phi) is 4.70. The summed E-state index contributed by atoms with van der Waals surface area (Å²) in [6.07, 6.45) is 3.37. The molecule has 0 aliphatic carbocycles. The van der Waals surface area contributed by atoms with Gasteiger partial charge in [0.25, 0.3) is 5.91 Å². The van der Waals surface area contributed by atoms with E-state index in [0.29, 0.717) is 11.5 Å². The van der Waals surface area contributed by atoms with Gasteiger partial charge < -0.3 is 14.4 Å². The minimum Gasteiger partial charge on any atom is -0.503 e. The van der Waals surface area contributed by atoms with Crippen LogP contribution < -0.4 is 0 Å². The van der Waals surface area contributed by atoms with Gasteiger partial charge in [-0.3, -0.25) is 14.6 Å². The number of amides is 1. The summed E-state index contributed by atoms with van der Waals surface area (Å²) in [6.45, 7) is 4.01. The molecule has 0 saturated carbocycles. The molecule has 0 saturated heterocycles. The number of aliphatic hydroxyl groups excluding tert-OH is 1. The number of hydrogen-bond donors (Lipinski definition) is 1. The molecule has 3 heterocycles. The number of nitrogens with zero attached hydrogens (tertiary/aromatic N) is 2. The van der Waals surface area contributed by atoms with Crippen LogP contribution in [0.3, 0.4) is 0 Å². The van der Waals surface area contributed by atoms with Crippen molar-refractivity contribution in [3.05, 3.63) is 65.6 Å². The number of furan rings is 1. The molecule has 6 heteroatoms. The van der Waals surface area contributed by atoms with Crippen molar-refractivity contribution >= 4 is 11.7 Å². The standard InChI is InChI=1S/C19H20N2O4/c1-12(2)10-14(22)16-17(15-7-5-9-25-15)21(19(24)18(16)23)11-13-6-3-4-8-20-13/h3-9,12,17,23H,10-11H2,1-2H3. The molecule has 25 heavy (non-hydrogen) atoms. The van der Waals surface area contributed by atoms with E-state index in [1.807, 2.05) is 19.9 Å². The Hall–Kier alpha value is -2.89. The van der Waals surface area contributed by atoms with Gasteiger partial charge in [-0.25, -0.2) is 0 Å². The summed E-state index contributed by atoms with van der Waals surface area (Å²) >= 11 is 0. The molecule has 0 fully saturated rings. The van der Waals surface area contributed by atoms with Crippen LogP contribution in [0.2, 0.25) is 0 Å². The zero-order valence-corrected chi connectivity index (χ0v) is 14.2. The van der Waals surface area contributed by atoms with Crippen molar-refractivity contribution in [2.24, 2.45) is 5.92 Å². The average Bonchev–Trinajstić information content (AvgIpc) is 3.18. The molecular weight excluding hydrogens is 320 g/mol. The molecule has 0 radical (unpaired) electrons. The average molecular weight is 340 g/mol. The van der Waals surface area contributed by atoms with E-state index >= 15 is 0 Å². The van der Waals surface area contributed by atoms with Gasteiger partial charge in [-0.05, 0) is 30.2 Å². The number of Topliss-reactive ketones (excluding diaryl/α,β-unsaturated/α-hetero) is 1. The van der Waals surface area contributed by atoms with Gasteiger partial charge in [0, 0.05) is 12.6 Å². The van der Waals surface area contributed by atoms with Crippen molar-refractivity contribution < 1.29 is 19.1 Å². The first-order valence-electron chi connectivity index (χ1n) is 8.19. The van der Waals surface area contributed by atoms with Crippen molar-refractivity contribution in [1.82, 2.24) is 9.88 Å². The molecule has 2 aromatic rings. The lowest BCUT2D eigenvalue weighted by Crippen LogP contribution is -2.30. The monoisotopic (exact) mass is 340 g/mol. The number of hydrogen-bond acceptors (Lipinski definition) is 5. The van der Waals surface area contributed by atoms with Gasteiger partial charge in [-0.15, -0.1) is 0 Å². The third-order valence-corrected chi connectivity index (χ3v) is 4.07. The van der Waals surface area contributed by atoms with Gasteiger partial charge in [0.15, 0.2) is 11.5 Å². The molecule has 0 aromatic carbocycles. The normalized spacial score (nSPS) is 17.6. The number of ketones is 1. The lowest BCUT2D eigenvalue weighted by atomic mass is 9.95. The summed E-state index contributed by atoms with van der Waals surface area (Å²) in [7, 11) is 0. The van der Waals surface area contributed by atoms with Gasteiger partial charge in [0.1, 0.15) is 11.8 Å². The molecule has 6 nitrogen and oxygen atoms in total. The number of pyridine rings is 1. The molecule has 0 bridgehead atoms. The summed E-state index contributed by atoms with van der Waals surface area (Å²) in [4.78, 5) is 30.9. The van der Waals surface area contributed by atoms with E-state index in [1.165, 1.54) is 11.2 Å². The van der Waals surface area contributed by atoms with Crippen molar-refractivity contribution in [1.29, 1.82) is 0 Å². The maximum absolute atomic E-state index is 12.7. The Balaban J connectivity index is 1.99. The highest BCUT2D eigenvalue weighted by Crippen LogP contribution is 2.39. The zero-order valence-electron chi connectivity index (χ0n) is 14.2. The second-order valence-corrected chi connectivity index (χ2v) is 6.46. The minimum absolute atomic E-state index is 0.101. The van der Waals surface area contributed by atoms with Crippen LogP contribution in [-0.4, -0.2) is 26.7 Å². The molecule has 2 aromatic heterocycles. The molecule has 1 aliphatic rings. The first kappa shape index (κ1) is 17.0. The summed E-state index contributed by atoms with van der Waals surface area (Å²) in [5, 5.41) is 10.4. The zero-order chi connectivity index (χ0) is 18.0. The quantitative estimate of drug-likeness (QED) is 0.873. The van der Waals surface area contributed by atoms with Crippen molar-refractivity contribution in [3.63, 3.8) is 0 Å². The Labute approximate surface area is 145 Å². The van der Waals surface area contributed by atoms with E-state index in [9.17, 15) is 14.7 Å². The maximum atomic E-state index is 12.7. The Bertz CT molecular complexity index is 794. The first-order valence-corrected chi connectivity index (χ1v) is 8.19. The third-order valence-electron chi connectivity index (χ3n) is 4.07. The number of aliphatic hydroxyl groups is 1. The Morgan fingerprint density at radius 3 is 2.72 bits per heavy atom. The topological polar surface area (TPSA) is 83.6 Å². The van der Waals surface area contributed by atoms with Crippen LogP contribution >= 0.6 is 0 Å². The SMILES string of the molecule is CC(C)CC(=O)C1=C(O)C(=O)N(Cc2ccccn2)C1c1ccco1. The predicted octanol–water partition coefficient (Wildman–Crippen LogP) is 3.19. The highest BCUT2D eigenvalue weighted by Gasteiger charge is 2.44. The summed E-state index contributed by atoms with van der Waals surface area (Å²) in [5.74, 6) is -0.765. The molecule has 1 unspecified atom stereocenters. The van der Waals surface area contributed by atoms with E-state index < -0.39 is 17.7 Å². The third kappa shape index (κ3) is 3.33. The molecule has 130 valence electrons. The lowest BCUT2D eigenvalue weighted by Gasteiger charge is -2.24. The Morgan fingerprint density at radius 2 is 2.12 bits per heavy atom. The molecule has 1 atom stereocenters. The number of carbonyl (C=O) groups is 2. The molecule has 3 rings (SSSR count). The Morgan fingerprint density at radius 1 is 1.32 bits per heavy atom. The summed E-state index contributed by atoms with van der Waals surface area (Å²) < 4.78 is 5.46. The fourth-order valence-electron chi connectivity index (χ4n) is 2.99. The van der Waals surface area contributed by atoms with E-state index in [4.69, 9.17) is 4.42 Å². The van der Waals surface area contributed by atoms with Gasteiger partial charge in [-0.1, -0.05) is 19.9 Å². The van der Waals surface area contributed by atoms with Crippen LogP contribution in [0.15, 0.2) is 58.5 Å². The lowest BCUT2D eigenvalue weighted by molar-refractivity contribution is -0.130. The summed E-state index contributed by atoms with van der Waals surface area (Å²) in [6, 6.07) is 8.05. The largest absolute Gasteiger partial charge is 0.503 e. The van der Waals surface area contributed by atoms with Crippen LogP contribution in [0, 0.1) is 5.92 Å². The van der Waals surface area contributed by atoms with Crippen molar-refractivity contribution in [2.45, 2.75) is 32.9 Å². The second kappa shape index (κ2) is 6.93. The van der Waals surface area contributed by atoms with Crippen LogP contribution in [0.25, 0.3) is 0 Å². The molecular formula is C19H20N2O4. The molecule has 0 spiro atoms. The van der Waals surface area contributed by atoms with Crippen LogP contribution in [0.1, 0.15) is 37.8 Å². The van der Waals surface area contributed by atoms with E-state index in [2.05, 4.69) is 4.98 Å². The van der Waals surface area contributed by atoms with Gasteiger partial charge in [0.05, 0.1) is 24.1 Å². The first-order chi connectivity index (χ1) is 12.0. The number of rotatable bonds is 6. The van der Waals surface area contributed by atoms with Gasteiger partial charge in [0.2, 0.25) is 0 Å². The van der Waals surface area contributed by atoms with E-state index in [-0.39, 0.29) is 30.2 Å². The number of carbonyl (C=O) groups excluding carboxylic acids is 2. The van der Waals surface area contributed by atoms with Crippen LogP contribution in [0.5, 0.6) is 0 Å². The fraction of sp³-hybridized carbons (Fsp3) is 0.316. The van der Waals surface area contributed by atoms with E-state index in [0.717, 1.165) is 0 Å².